The minimum Gasteiger partial charge on any atom is -0.507 e. The molecule has 4 N–H and O–H groups in total. The molecule has 5 nitrogen and oxygen atoms in total. The topological polar surface area (TPSA) is 68.7 Å². The van der Waals surface area contributed by atoms with E-state index in [0.29, 0.717) is 17.7 Å². The van der Waals surface area contributed by atoms with Crippen molar-refractivity contribution in [3.05, 3.63) is 125 Å². The van der Waals surface area contributed by atoms with E-state index in [0.717, 1.165) is 21.4 Å². The molecule has 4 aromatic rings. The van der Waals surface area contributed by atoms with Crippen molar-refractivity contribution < 1.29 is 9.50 Å². The number of hydrazine groups is 1. The average Bonchev–Trinajstić information content (AvgIpc) is 2.87. The predicted molar refractivity (Wildman–Crippen MR) is 139 cm³/mol. The molecule has 0 spiro atoms. The number of anilines is 2. The van der Waals surface area contributed by atoms with Crippen molar-refractivity contribution in [3.63, 3.8) is 0 Å². The molecule has 0 aromatic heterocycles. The summed E-state index contributed by atoms with van der Waals surface area (Å²) in [4.78, 5) is 0. The van der Waals surface area contributed by atoms with Crippen LogP contribution in [0.25, 0.3) is 0 Å². The van der Waals surface area contributed by atoms with Gasteiger partial charge in [0.1, 0.15) is 11.6 Å². The van der Waals surface area contributed by atoms with E-state index in [1.165, 1.54) is 12.1 Å². The second kappa shape index (κ2) is 11.4. The number of para-hydroxylation sites is 2. The van der Waals surface area contributed by atoms with Crippen molar-refractivity contribution in [2.24, 2.45) is 5.10 Å². The first-order chi connectivity index (χ1) is 16.6. The Morgan fingerprint density at radius 2 is 1.50 bits per heavy atom. The SMILES string of the molecule is Oc1ccc(Br)cc1C(C[C@H](NNc1ccccc1)c1ccc(F)cc1)=NNc1ccccc1. The zero-order valence-electron chi connectivity index (χ0n) is 18.2. The van der Waals surface area contributed by atoms with Crippen LogP contribution in [0.4, 0.5) is 15.8 Å². The summed E-state index contributed by atoms with van der Waals surface area (Å²) in [6.07, 6.45) is 0.398. The number of benzene rings is 4. The van der Waals surface area contributed by atoms with Gasteiger partial charge in [0, 0.05) is 22.1 Å². The summed E-state index contributed by atoms with van der Waals surface area (Å²) in [5.41, 5.74) is 13.4. The maximum Gasteiger partial charge on any atom is 0.124 e. The zero-order chi connectivity index (χ0) is 23.8. The molecule has 0 unspecified atom stereocenters. The van der Waals surface area contributed by atoms with Crippen molar-refractivity contribution in [1.82, 2.24) is 5.43 Å². The number of phenols is 1. The van der Waals surface area contributed by atoms with Gasteiger partial charge >= 0.3 is 0 Å². The summed E-state index contributed by atoms with van der Waals surface area (Å²) in [5.74, 6) is -0.187. The Hall–Kier alpha value is -3.68. The lowest BCUT2D eigenvalue weighted by atomic mass is 9.97. The lowest BCUT2D eigenvalue weighted by Gasteiger charge is -2.22. The third kappa shape index (κ3) is 6.43. The number of halogens is 2. The van der Waals surface area contributed by atoms with Gasteiger partial charge in [-0.05, 0) is 60.2 Å². The molecule has 0 saturated carbocycles. The quantitative estimate of drug-likeness (QED) is 0.144. The van der Waals surface area contributed by atoms with E-state index in [-0.39, 0.29) is 17.6 Å². The van der Waals surface area contributed by atoms with Crippen molar-refractivity contribution >= 4 is 33.0 Å². The maximum atomic E-state index is 13.6. The van der Waals surface area contributed by atoms with Gasteiger partial charge in [-0.2, -0.15) is 5.10 Å². The van der Waals surface area contributed by atoms with Crippen molar-refractivity contribution in [2.45, 2.75) is 12.5 Å². The third-order valence-corrected chi connectivity index (χ3v) is 5.69. The number of hydrogen-bond acceptors (Lipinski definition) is 5. The second-order valence-corrected chi connectivity index (χ2v) is 8.56. The van der Waals surface area contributed by atoms with Gasteiger partial charge in [-0.15, -0.1) is 0 Å². The van der Waals surface area contributed by atoms with Gasteiger partial charge in [0.05, 0.1) is 17.4 Å². The number of rotatable bonds is 9. The normalized spacial score (nSPS) is 12.2. The van der Waals surface area contributed by atoms with E-state index in [4.69, 9.17) is 0 Å². The van der Waals surface area contributed by atoms with E-state index in [2.05, 4.69) is 37.3 Å². The first-order valence-corrected chi connectivity index (χ1v) is 11.6. The first-order valence-electron chi connectivity index (χ1n) is 10.8. The van der Waals surface area contributed by atoms with Crippen LogP contribution in [0.2, 0.25) is 0 Å². The molecule has 34 heavy (non-hydrogen) atoms. The van der Waals surface area contributed by atoms with Gasteiger partial charge in [0.15, 0.2) is 0 Å². The Morgan fingerprint density at radius 1 is 0.853 bits per heavy atom. The minimum absolute atomic E-state index is 0.116. The van der Waals surface area contributed by atoms with Crippen LogP contribution < -0.4 is 16.3 Å². The number of phenolic OH excluding ortho intramolecular Hbond substituents is 1. The van der Waals surface area contributed by atoms with Crippen LogP contribution in [0.1, 0.15) is 23.6 Å². The van der Waals surface area contributed by atoms with Gasteiger partial charge < -0.3 is 10.5 Å². The van der Waals surface area contributed by atoms with Gasteiger partial charge in [-0.25, -0.2) is 9.82 Å². The molecule has 0 saturated heterocycles. The molecule has 0 aliphatic rings. The maximum absolute atomic E-state index is 13.6. The van der Waals surface area contributed by atoms with Gasteiger partial charge in [-0.3, -0.25) is 5.43 Å². The Bertz CT molecular complexity index is 1230. The van der Waals surface area contributed by atoms with Gasteiger partial charge in [-0.1, -0.05) is 64.5 Å². The fraction of sp³-hybridized carbons (Fsp3) is 0.0741. The molecular formula is C27H24BrFN4O. The van der Waals surface area contributed by atoms with Crippen LogP contribution in [-0.2, 0) is 0 Å². The molecule has 1 atom stereocenters. The highest BCUT2D eigenvalue weighted by Crippen LogP contribution is 2.28. The summed E-state index contributed by atoms with van der Waals surface area (Å²) >= 11 is 3.48. The van der Waals surface area contributed by atoms with Crippen LogP contribution in [0, 0.1) is 5.82 Å². The lowest BCUT2D eigenvalue weighted by molar-refractivity contribution is 0.473. The van der Waals surface area contributed by atoms with E-state index in [1.54, 1.807) is 24.3 Å². The van der Waals surface area contributed by atoms with E-state index in [1.807, 2.05) is 66.7 Å². The van der Waals surface area contributed by atoms with Crippen LogP contribution in [0.5, 0.6) is 5.75 Å². The summed E-state index contributed by atoms with van der Waals surface area (Å²) in [6.45, 7) is 0. The number of nitrogens with one attached hydrogen (secondary N) is 3. The van der Waals surface area contributed by atoms with Crippen molar-refractivity contribution in [1.29, 1.82) is 0 Å². The predicted octanol–water partition coefficient (Wildman–Crippen LogP) is 6.86. The highest BCUT2D eigenvalue weighted by Gasteiger charge is 2.19. The summed E-state index contributed by atoms with van der Waals surface area (Å²) in [6, 6.07) is 30.6. The Labute approximate surface area is 206 Å². The van der Waals surface area contributed by atoms with E-state index in [9.17, 15) is 9.50 Å². The van der Waals surface area contributed by atoms with Gasteiger partial charge in [0.2, 0.25) is 0 Å². The largest absolute Gasteiger partial charge is 0.507 e. The molecule has 0 heterocycles. The summed E-state index contributed by atoms with van der Waals surface area (Å²) in [7, 11) is 0. The molecule has 172 valence electrons. The molecule has 0 aliphatic carbocycles. The molecule has 0 radical (unpaired) electrons. The first kappa shape index (κ1) is 23.5. The number of hydrazone groups is 1. The van der Waals surface area contributed by atoms with Gasteiger partial charge in [0.25, 0.3) is 0 Å². The minimum atomic E-state index is -0.303. The monoisotopic (exact) mass is 518 g/mol. The standard InChI is InChI=1S/C27H24BrFN4O/c28-20-13-16-27(34)24(17-20)26(33-31-23-9-5-2-6-10-23)18-25(19-11-14-21(29)15-12-19)32-30-22-7-3-1-4-8-22/h1-17,25,30-32,34H,18H2/t25-/m0/s1. The van der Waals surface area contributed by atoms with E-state index < -0.39 is 0 Å². The average molecular weight is 519 g/mol. The third-order valence-electron chi connectivity index (χ3n) is 5.20. The Morgan fingerprint density at radius 3 is 2.18 bits per heavy atom. The van der Waals surface area contributed by atoms with Crippen molar-refractivity contribution in [3.8, 4) is 5.75 Å². The van der Waals surface area contributed by atoms with Crippen molar-refractivity contribution in [2.75, 3.05) is 10.9 Å². The second-order valence-electron chi connectivity index (χ2n) is 7.64. The number of nitrogens with zero attached hydrogens (tertiary/aromatic N) is 1. The fourth-order valence-electron chi connectivity index (χ4n) is 3.43. The molecule has 0 aliphatic heterocycles. The van der Waals surface area contributed by atoms with E-state index >= 15 is 0 Å². The van der Waals surface area contributed by atoms with Crippen LogP contribution >= 0.6 is 15.9 Å². The molecule has 0 fully saturated rings. The molecular weight excluding hydrogens is 495 g/mol. The summed E-state index contributed by atoms with van der Waals surface area (Å²) in [5, 5.41) is 15.3. The smallest absolute Gasteiger partial charge is 0.124 e. The number of hydrogen-bond donors (Lipinski definition) is 4. The van der Waals surface area contributed by atoms with Crippen LogP contribution in [0.3, 0.4) is 0 Å². The highest BCUT2D eigenvalue weighted by atomic mass is 79.9. The zero-order valence-corrected chi connectivity index (χ0v) is 19.8. The molecule has 4 rings (SSSR count). The van der Waals surface area contributed by atoms with Crippen LogP contribution in [-0.4, -0.2) is 10.8 Å². The molecule has 4 aromatic carbocycles. The Kier molecular flexibility index (Phi) is 7.91. The molecule has 7 heteroatoms. The molecule has 0 bridgehead atoms. The number of aromatic hydroxyl groups is 1. The fourth-order valence-corrected chi connectivity index (χ4v) is 3.79. The highest BCUT2D eigenvalue weighted by molar-refractivity contribution is 9.10. The lowest BCUT2D eigenvalue weighted by Crippen LogP contribution is -2.29. The van der Waals surface area contributed by atoms with Crippen LogP contribution in [0.15, 0.2) is 113 Å². The Balaban J connectivity index is 1.67. The molecule has 0 amide bonds. The summed E-state index contributed by atoms with van der Waals surface area (Å²) < 4.78 is 14.4.